The molecule has 1 heterocycles. The molecule has 0 aliphatic heterocycles. The van der Waals surface area contributed by atoms with Crippen LogP contribution in [0.4, 0.5) is 0 Å². The number of aromatic nitrogens is 1. The third-order valence-corrected chi connectivity index (χ3v) is 3.65. The number of pyridine rings is 1. The van der Waals surface area contributed by atoms with Crippen LogP contribution in [0, 0.1) is 6.92 Å². The van der Waals surface area contributed by atoms with E-state index in [-0.39, 0.29) is 18.3 Å². The summed E-state index contributed by atoms with van der Waals surface area (Å²) in [7, 11) is 0. The van der Waals surface area contributed by atoms with Crippen molar-refractivity contribution in [1.29, 1.82) is 0 Å². The Kier molecular flexibility index (Phi) is 6.49. The molecule has 1 aromatic carbocycles. The SMILES string of the molecule is CCOC(=O)CCN(Cc1cccnc1)C(=O)c1ccccc1C. The highest BCUT2D eigenvalue weighted by Gasteiger charge is 2.19. The van der Waals surface area contributed by atoms with E-state index in [0.29, 0.717) is 25.3 Å². The molecular weight excluding hydrogens is 304 g/mol. The van der Waals surface area contributed by atoms with Crippen LogP contribution >= 0.6 is 0 Å². The lowest BCUT2D eigenvalue weighted by Gasteiger charge is -2.23. The second kappa shape index (κ2) is 8.82. The first-order chi connectivity index (χ1) is 11.6. The summed E-state index contributed by atoms with van der Waals surface area (Å²) < 4.78 is 4.96. The normalized spacial score (nSPS) is 10.2. The van der Waals surface area contributed by atoms with Crippen molar-refractivity contribution in [3.8, 4) is 0 Å². The molecule has 0 aliphatic carbocycles. The number of rotatable bonds is 7. The molecule has 0 bridgehead atoms. The largest absolute Gasteiger partial charge is 0.466 e. The van der Waals surface area contributed by atoms with Gasteiger partial charge in [-0.1, -0.05) is 24.3 Å². The van der Waals surface area contributed by atoms with Crippen molar-refractivity contribution in [1.82, 2.24) is 9.88 Å². The van der Waals surface area contributed by atoms with Gasteiger partial charge in [0.05, 0.1) is 13.0 Å². The molecule has 0 unspecified atom stereocenters. The van der Waals surface area contributed by atoms with Crippen molar-refractivity contribution >= 4 is 11.9 Å². The lowest BCUT2D eigenvalue weighted by Crippen LogP contribution is -2.33. The first-order valence-corrected chi connectivity index (χ1v) is 8.01. The van der Waals surface area contributed by atoms with Gasteiger partial charge in [-0.25, -0.2) is 0 Å². The van der Waals surface area contributed by atoms with Gasteiger partial charge in [-0.3, -0.25) is 14.6 Å². The zero-order chi connectivity index (χ0) is 17.4. The van der Waals surface area contributed by atoms with Gasteiger partial charge in [-0.15, -0.1) is 0 Å². The predicted molar refractivity (Wildman–Crippen MR) is 91.4 cm³/mol. The molecule has 0 fully saturated rings. The standard InChI is InChI=1S/C19H22N2O3/c1-3-24-18(22)10-12-21(14-16-8-6-11-20-13-16)19(23)17-9-5-4-7-15(17)2/h4-9,11,13H,3,10,12,14H2,1-2H3. The van der Waals surface area contributed by atoms with E-state index in [1.54, 1.807) is 30.3 Å². The van der Waals surface area contributed by atoms with Crippen LogP contribution in [0.25, 0.3) is 0 Å². The Balaban J connectivity index is 2.16. The highest BCUT2D eigenvalue weighted by molar-refractivity contribution is 5.95. The molecule has 126 valence electrons. The first kappa shape index (κ1) is 17.7. The van der Waals surface area contributed by atoms with E-state index in [9.17, 15) is 9.59 Å². The summed E-state index contributed by atoms with van der Waals surface area (Å²) in [5, 5.41) is 0. The average molecular weight is 326 g/mol. The molecule has 0 aliphatic rings. The van der Waals surface area contributed by atoms with Gasteiger partial charge in [0.25, 0.3) is 5.91 Å². The Labute approximate surface area is 142 Å². The first-order valence-electron chi connectivity index (χ1n) is 8.01. The molecule has 0 spiro atoms. The van der Waals surface area contributed by atoms with E-state index in [4.69, 9.17) is 4.74 Å². The van der Waals surface area contributed by atoms with Gasteiger partial charge in [0.15, 0.2) is 0 Å². The van der Waals surface area contributed by atoms with Gasteiger partial charge in [-0.05, 0) is 37.1 Å². The summed E-state index contributed by atoms with van der Waals surface area (Å²) in [5.74, 6) is -0.396. The Morgan fingerprint density at radius 2 is 1.96 bits per heavy atom. The Morgan fingerprint density at radius 3 is 2.62 bits per heavy atom. The molecule has 0 atom stereocenters. The van der Waals surface area contributed by atoms with Crippen LogP contribution in [0.3, 0.4) is 0 Å². The van der Waals surface area contributed by atoms with E-state index in [2.05, 4.69) is 4.98 Å². The van der Waals surface area contributed by atoms with Gasteiger partial charge in [0.1, 0.15) is 0 Å². The van der Waals surface area contributed by atoms with Crippen LogP contribution in [0.2, 0.25) is 0 Å². The van der Waals surface area contributed by atoms with Crippen molar-refractivity contribution < 1.29 is 14.3 Å². The maximum atomic E-state index is 12.9. The predicted octanol–water partition coefficient (Wildman–Crippen LogP) is 2.99. The van der Waals surface area contributed by atoms with Crippen molar-refractivity contribution in [2.45, 2.75) is 26.8 Å². The lowest BCUT2D eigenvalue weighted by molar-refractivity contribution is -0.143. The molecule has 0 N–H and O–H groups in total. The zero-order valence-electron chi connectivity index (χ0n) is 14.1. The van der Waals surface area contributed by atoms with Crippen LogP contribution in [0.5, 0.6) is 0 Å². The lowest BCUT2D eigenvalue weighted by atomic mass is 10.1. The smallest absolute Gasteiger partial charge is 0.307 e. The Hall–Kier alpha value is -2.69. The van der Waals surface area contributed by atoms with Gasteiger partial charge in [0, 0.05) is 31.0 Å². The monoisotopic (exact) mass is 326 g/mol. The molecule has 1 aromatic heterocycles. The molecule has 2 aromatic rings. The number of aryl methyl sites for hydroxylation is 1. The summed E-state index contributed by atoms with van der Waals surface area (Å²) in [6, 6.07) is 11.2. The number of hydrogen-bond donors (Lipinski definition) is 0. The molecule has 5 heteroatoms. The summed E-state index contributed by atoms with van der Waals surface area (Å²) in [5.41, 5.74) is 2.48. The average Bonchev–Trinajstić information content (AvgIpc) is 2.59. The maximum Gasteiger partial charge on any atom is 0.307 e. The van der Waals surface area contributed by atoms with Gasteiger partial charge < -0.3 is 9.64 Å². The fraction of sp³-hybridized carbons (Fsp3) is 0.316. The van der Waals surface area contributed by atoms with Crippen molar-refractivity contribution in [3.05, 3.63) is 65.5 Å². The van der Waals surface area contributed by atoms with Gasteiger partial charge in [-0.2, -0.15) is 0 Å². The minimum absolute atomic E-state index is 0.0961. The molecule has 0 radical (unpaired) electrons. The third kappa shape index (κ3) is 4.91. The zero-order valence-corrected chi connectivity index (χ0v) is 14.1. The number of carbonyl (C=O) groups is 2. The van der Waals surface area contributed by atoms with Crippen molar-refractivity contribution in [2.24, 2.45) is 0 Å². The van der Waals surface area contributed by atoms with E-state index in [1.165, 1.54) is 0 Å². The quantitative estimate of drug-likeness (QED) is 0.734. The molecule has 0 saturated carbocycles. The number of nitrogens with zero attached hydrogens (tertiary/aromatic N) is 2. The minimum atomic E-state index is -0.300. The van der Waals surface area contributed by atoms with Crippen LogP contribution in [0.15, 0.2) is 48.8 Å². The number of hydrogen-bond acceptors (Lipinski definition) is 4. The van der Waals surface area contributed by atoms with Gasteiger partial charge >= 0.3 is 5.97 Å². The topological polar surface area (TPSA) is 59.5 Å². The highest BCUT2D eigenvalue weighted by atomic mass is 16.5. The second-order valence-electron chi connectivity index (χ2n) is 5.46. The van der Waals surface area contributed by atoms with Crippen LogP contribution < -0.4 is 0 Å². The summed E-state index contributed by atoms with van der Waals surface area (Å²) in [4.78, 5) is 30.3. The van der Waals surface area contributed by atoms with E-state index in [0.717, 1.165) is 11.1 Å². The third-order valence-electron chi connectivity index (χ3n) is 3.65. The van der Waals surface area contributed by atoms with Crippen LogP contribution in [0.1, 0.15) is 34.8 Å². The molecule has 0 saturated heterocycles. The number of ether oxygens (including phenoxy) is 1. The number of carbonyl (C=O) groups excluding carboxylic acids is 2. The van der Waals surface area contributed by atoms with Crippen molar-refractivity contribution in [3.63, 3.8) is 0 Å². The molecular formula is C19H22N2O3. The van der Waals surface area contributed by atoms with Crippen LogP contribution in [-0.2, 0) is 16.1 Å². The van der Waals surface area contributed by atoms with E-state index >= 15 is 0 Å². The summed E-state index contributed by atoms with van der Waals surface area (Å²) in [6.45, 7) is 4.72. The van der Waals surface area contributed by atoms with Crippen LogP contribution in [-0.4, -0.2) is 34.9 Å². The molecule has 24 heavy (non-hydrogen) atoms. The number of benzene rings is 1. The highest BCUT2D eigenvalue weighted by Crippen LogP contribution is 2.14. The summed E-state index contributed by atoms with van der Waals surface area (Å²) in [6.07, 6.45) is 3.59. The van der Waals surface area contributed by atoms with Gasteiger partial charge in [0.2, 0.25) is 0 Å². The molecule has 2 rings (SSSR count). The Bertz CT molecular complexity index is 686. The fourth-order valence-corrected chi connectivity index (χ4v) is 2.41. The van der Waals surface area contributed by atoms with Crippen molar-refractivity contribution in [2.75, 3.05) is 13.2 Å². The number of amides is 1. The fourth-order valence-electron chi connectivity index (χ4n) is 2.41. The maximum absolute atomic E-state index is 12.9. The number of esters is 1. The van der Waals surface area contributed by atoms with E-state index < -0.39 is 0 Å². The minimum Gasteiger partial charge on any atom is -0.466 e. The van der Waals surface area contributed by atoms with E-state index in [1.807, 2.05) is 37.3 Å². The summed E-state index contributed by atoms with van der Waals surface area (Å²) >= 11 is 0. The molecule has 5 nitrogen and oxygen atoms in total. The second-order valence-corrected chi connectivity index (χ2v) is 5.46. The Morgan fingerprint density at radius 1 is 1.17 bits per heavy atom. The molecule has 1 amide bonds.